The summed E-state index contributed by atoms with van der Waals surface area (Å²) < 4.78 is 0. The third kappa shape index (κ3) is 4.36. The van der Waals surface area contributed by atoms with E-state index >= 15 is 0 Å². The van der Waals surface area contributed by atoms with Crippen LogP contribution in [0.15, 0.2) is 18.2 Å². The molecular weight excluding hydrogens is 228 g/mol. The largest absolute Gasteiger partial charge is 0.462 e. The molecular formula is C8H11BO2Y-2. The van der Waals surface area contributed by atoms with Crippen molar-refractivity contribution >= 4 is 12.6 Å². The molecule has 0 atom stereocenters. The average molecular weight is 239 g/mol. The Morgan fingerprint density at radius 1 is 1.42 bits per heavy atom. The molecule has 0 aliphatic carbocycles. The maximum absolute atomic E-state index is 8.67. The third-order valence-electron chi connectivity index (χ3n) is 1.26. The van der Waals surface area contributed by atoms with Gasteiger partial charge in [-0.3, -0.25) is 0 Å². The first kappa shape index (κ1) is 14.8. The third-order valence-corrected chi connectivity index (χ3v) is 1.26. The van der Waals surface area contributed by atoms with E-state index in [0.29, 0.717) is 5.46 Å². The Kier molecular flexibility index (Phi) is 8.38. The van der Waals surface area contributed by atoms with Gasteiger partial charge in [-0.2, -0.15) is 29.8 Å². The number of aryl methyl sites for hydroxylation is 1. The van der Waals surface area contributed by atoms with Gasteiger partial charge in [-0.15, -0.1) is 5.46 Å². The Morgan fingerprint density at radius 2 is 2.00 bits per heavy atom. The molecule has 0 spiro atoms. The standard InChI is InChI=1S/C7H8BO2.CH3.Y/c1-6-3-2-4-7(5-6)8(9)10;;/h2-3,5,9-10H,1H3;1H3;/q2*-1;. The van der Waals surface area contributed by atoms with Crippen LogP contribution in [-0.2, 0) is 32.7 Å². The van der Waals surface area contributed by atoms with Crippen LogP contribution in [0.2, 0.25) is 0 Å². The zero-order valence-corrected chi connectivity index (χ0v) is 10.1. The van der Waals surface area contributed by atoms with Crippen molar-refractivity contribution in [3.05, 3.63) is 37.3 Å². The Morgan fingerprint density at radius 3 is 2.33 bits per heavy atom. The van der Waals surface area contributed by atoms with E-state index in [4.69, 9.17) is 10.0 Å². The van der Waals surface area contributed by atoms with Crippen molar-refractivity contribution in [1.82, 2.24) is 0 Å². The Balaban J connectivity index is 0. The summed E-state index contributed by atoms with van der Waals surface area (Å²) in [4.78, 5) is 0. The van der Waals surface area contributed by atoms with Crippen LogP contribution in [0.25, 0.3) is 0 Å². The van der Waals surface area contributed by atoms with E-state index in [9.17, 15) is 0 Å². The second-order valence-electron chi connectivity index (χ2n) is 2.20. The first-order valence-corrected chi connectivity index (χ1v) is 3.04. The molecule has 0 saturated carbocycles. The van der Waals surface area contributed by atoms with E-state index in [1.54, 1.807) is 12.1 Å². The summed E-state index contributed by atoms with van der Waals surface area (Å²) in [7, 11) is -1.40. The normalized spacial score (nSPS) is 7.92. The van der Waals surface area contributed by atoms with Crippen LogP contribution in [0.3, 0.4) is 0 Å². The molecule has 2 nitrogen and oxygen atoms in total. The monoisotopic (exact) mass is 239 g/mol. The second kappa shape index (κ2) is 6.79. The van der Waals surface area contributed by atoms with E-state index in [-0.39, 0.29) is 40.1 Å². The molecule has 0 saturated heterocycles. The van der Waals surface area contributed by atoms with Gasteiger partial charge in [-0.1, -0.05) is 6.92 Å². The second-order valence-corrected chi connectivity index (χ2v) is 2.20. The van der Waals surface area contributed by atoms with Crippen molar-refractivity contribution in [1.29, 1.82) is 0 Å². The quantitative estimate of drug-likeness (QED) is 0.531. The van der Waals surface area contributed by atoms with Crippen molar-refractivity contribution in [2.75, 3.05) is 0 Å². The van der Waals surface area contributed by atoms with E-state index < -0.39 is 7.12 Å². The van der Waals surface area contributed by atoms with Gasteiger partial charge in [-0.25, -0.2) is 0 Å². The Labute approximate surface area is 99.0 Å². The fraction of sp³-hybridized carbons (Fsp3) is 0.125. The molecule has 0 aliphatic heterocycles. The first-order chi connectivity index (χ1) is 4.70. The van der Waals surface area contributed by atoms with Crippen molar-refractivity contribution in [2.45, 2.75) is 6.92 Å². The van der Waals surface area contributed by atoms with Gasteiger partial charge >= 0.3 is 7.12 Å². The molecule has 0 aliphatic rings. The SMILES string of the molecule is Cc1cc[c-]c(B(O)O)c1.[CH3-].[Y]. The predicted molar refractivity (Wildman–Crippen MR) is 46.3 cm³/mol. The summed E-state index contributed by atoms with van der Waals surface area (Å²) in [5.41, 5.74) is 1.42. The summed E-state index contributed by atoms with van der Waals surface area (Å²) in [6, 6.07) is 7.92. The van der Waals surface area contributed by atoms with Gasteiger partial charge in [0.2, 0.25) is 0 Å². The van der Waals surface area contributed by atoms with Crippen molar-refractivity contribution in [3.63, 3.8) is 0 Å². The maximum atomic E-state index is 8.67. The zero-order valence-electron chi connectivity index (χ0n) is 7.28. The molecule has 0 amide bonds. The fourth-order valence-electron chi connectivity index (χ4n) is 0.753. The van der Waals surface area contributed by atoms with Gasteiger partial charge in [-0.05, 0) is 0 Å². The summed E-state index contributed by atoms with van der Waals surface area (Å²) in [6.45, 7) is 1.89. The molecule has 2 N–H and O–H groups in total. The molecule has 0 aromatic heterocycles. The Hall–Kier alpha value is 0.309. The van der Waals surface area contributed by atoms with Crippen LogP contribution in [0.5, 0.6) is 0 Å². The number of hydrogen-bond donors (Lipinski definition) is 2. The summed E-state index contributed by atoms with van der Waals surface area (Å²) in [5.74, 6) is 0. The summed E-state index contributed by atoms with van der Waals surface area (Å²) >= 11 is 0. The minimum atomic E-state index is -1.40. The zero-order chi connectivity index (χ0) is 7.56. The molecule has 1 rings (SSSR count). The minimum absolute atomic E-state index is 0. The molecule has 0 fully saturated rings. The fourth-order valence-corrected chi connectivity index (χ4v) is 0.753. The predicted octanol–water partition coefficient (Wildman–Crippen LogP) is -0.0772. The van der Waals surface area contributed by atoms with E-state index in [1.165, 1.54) is 0 Å². The number of rotatable bonds is 1. The molecule has 12 heavy (non-hydrogen) atoms. The van der Waals surface area contributed by atoms with Crippen LogP contribution in [0, 0.1) is 20.4 Å². The van der Waals surface area contributed by atoms with Crippen molar-refractivity contribution in [3.8, 4) is 0 Å². The molecule has 1 aromatic rings. The van der Waals surface area contributed by atoms with Crippen LogP contribution < -0.4 is 5.46 Å². The number of benzene rings is 1. The van der Waals surface area contributed by atoms with Crippen LogP contribution in [-0.4, -0.2) is 17.2 Å². The summed E-state index contributed by atoms with van der Waals surface area (Å²) in [5, 5.41) is 17.3. The Bertz CT molecular complexity index is 228. The van der Waals surface area contributed by atoms with E-state index in [2.05, 4.69) is 6.07 Å². The van der Waals surface area contributed by atoms with Gasteiger partial charge in [0.25, 0.3) is 0 Å². The van der Waals surface area contributed by atoms with Gasteiger partial charge in [0.05, 0.1) is 0 Å². The van der Waals surface area contributed by atoms with Gasteiger partial charge in [0, 0.05) is 32.7 Å². The molecule has 0 unspecified atom stereocenters. The summed E-state index contributed by atoms with van der Waals surface area (Å²) in [6.07, 6.45) is 0. The van der Waals surface area contributed by atoms with E-state index in [0.717, 1.165) is 5.56 Å². The van der Waals surface area contributed by atoms with Crippen molar-refractivity contribution in [2.24, 2.45) is 0 Å². The topological polar surface area (TPSA) is 40.5 Å². The maximum Gasteiger partial charge on any atom is 0.462 e. The van der Waals surface area contributed by atoms with Gasteiger partial charge in [0.1, 0.15) is 0 Å². The van der Waals surface area contributed by atoms with Gasteiger partial charge in [0.15, 0.2) is 0 Å². The molecule has 63 valence electrons. The smallest absolute Gasteiger partial charge is 0.425 e. The van der Waals surface area contributed by atoms with Crippen LogP contribution >= 0.6 is 0 Å². The molecule has 0 bridgehead atoms. The average Bonchev–Trinajstić information content (AvgIpc) is 1.88. The van der Waals surface area contributed by atoms with Gasteiger partial charge < -0.3 is 17.5 Å². The molecule has 0 heterocycles. The van der Waals surface area contributed by atoms with E-state index in [1.807, 2.05) is 13.0 Å². The first-order valence-electron chi connectivity index (χ1n) is 3.04. The minimum Gasteiger partial charge on any atom is -0.425 e. The molecule has 1 radical (unpaired) electrons. The van der Waals surface area contributed by atoms with Crippen molar-refractivity contribution < 1.29 is 42.8 Å². The van der Waals surface area contributed by atoms with Crippen LogP contribution in [0.1, 0.15) is 5.56 Å². The number of hydrogen-bond acceptors (Lipinski definition) is 2. The van der Waals surface area contributed by atoms with Crippen LogP contribution in [0.4, 0.5) is 0 Å². The molecule has 1 aromatic carbocycles. The molecule has 4 heteroatoms.